The average molecular weight is 291 g/mol. The van der Waals surface area contributed by atoms with Crippen LogP contribution in [0.25, 0.3) is 0 Å². The molecule has 0 amide bonds. The van der Waals surface area contributed by atoms with Gasteiger partial charge in [0.1, 0.15) is 11.6 Å². The molecule has 8 heteroatoms. The van der Waals surface area contributed by atoms with Crippen LogP contribution in [0.4, 0.5) is 17.6 Å². The quantitative estimate of drug-likeness (QED) is 0.632. The number of nitrogens with zero attached hydrogens (tertiary/aromatic N) is 1. The van der Waals surface area contributed by atoms with E-state index in [1.807, 2.05) is 0 Å². The predicted molar refractivity (Wildman–Crippen MR) is 58.1 cm³/mol. The van der Waals surface area contributed by atoms with Crippen LogP contribution in [-0.2, 0) is 16.0 Å². The topological polar surface area (TPSA) is 59.3 Å². The molecule has 0 atom stereocenters. The van der Waals surface area contributed by atoms with Crippen molar-refractivity contribution in [2.45, 2.75) is 19.7 Å². The van der Waals surface area contributed by atoms with Crippen LogP contribution in [0.3, 0.4) is 0 Å². The lowest BCUT2D eigenvalue weighted by Gasteiger charge is -2.13. The summed E-state index contributed by atoms with van der Waals surface area (Å²) in [6.07, 6.45) is -5.60. The third-order valence-electron chi connectivity index (χ3n) is 2.17. The average Bonchev–Trinajstić information content (AvgIpc) is 2.32. The molecule has 0 aliphatic rings. The third kappa shape index (κ3) is 4.12. The second-order valence-electron chi connectivity index (χ2n) is 3.55. The lowest BCUT2D eigenvalue weighted by Crippen LogP contribution is -2.19. The number of esters is 1. The van der Waals surface area contributed by atoms with E-state index >= 15 is 0 Å². The molecule has 0 bridgehead atoms. The number of rotatable bonds is 4. The highest BCUT2D eigenvalue weighted by atomic mass is 19.4. The Morgan fingerprint density at radius 2 is 2.05 bits per heavy atom. The van der Waals surface area contributed by atoms with Gasteiger partial charge in [0.25, 0.3) is 0 Å². The summed E-state index contributed by atoms with van der Waals surface area (Å²) in [6.45, 7) is 1.62. The van der Waals surface area contributed by atoms with E-state index in [0.717, 1.165) is 6.07 Å². The number of halogens is 4. The first-order valence-corrected chi connectivity index (χ1v) is 5.41. The Hall–Kier alpha value is -2.30. The van der Waals surface area contributed by atoms with Crippen molar-refractivity contribution in [3.63, 3.8) is 0 Å². The van der Waals surface area contributed by atoms with Gasteiger partial charge in [0.05, 0.1) is 13.0 Å². The minimum absolute atomic E-state index is 0.0772. The maximum absolute atomic E-state index is 13.3. The molecule has 108 valence electrons. The monoisotopic (exact) mass is 291 g/mol. The molecule has 0 heterocycles. The highest BCUT2D eigenvalue weighted by molar-refractivity contribution is 5.74. The second kappa shape index (κ2) is 6.23. The molecule has 0 radical (unpaired) electrons. The zero-order valence-corrected chi connectivity index (χ0v) is 10.3. The van der Waals surface area contributed by atoms with Gasteiger partial charge in [-0.3, -0.25) is 4.79 Å². The molecular weight excluding hydrogens is 282 g/mol. The molecule has 0 aliphatic heterocycles. The number of ether oxygens (including phenoxy) is 2. The van der Waals surface area contributed by atoms with Gasteiger partial charge >= 0.3 is 12.3 Å². The molecule has 0 fully saturated rings. The largest absolute Gasteiger partial charge is 0.573 e. The fraction of sp³-hybridized carbons (Fsp3) is 0.333. The number of alkyl halides is 3. The van der Waals surface area contributed by atoms with Crippen LogP contribution in [-0.4, -0.2) is 18.9 Å². The van der Waals surface area contributed by atoms with Crippen molar-refractivity contribution in [1.29, 1.82) is 5.26 Å². The molecule has 4 nitrogen and oxygen atoms in total. The fourth-order valence-corrected chi connectivity index (χ4v) is 1.45. The molecule has 1 aromatic rings. The maximum Gasteiger partial charge on any atom is 0.573 e. The van der Waals surface area contributed by atoms with E-state index in [4.69, 9.17) is 5.26 Å². The van der Waals surface area contributed by atoms with Crippen molar-refractivity contribution >= 4 is 5.97 Å². The summed E-state index contributed by atoms with van der Waals surface area (Å²) >= 11 is 0. The van der Waals surface area contributed by atoms with Crippen LogP contribution >= 0.6 is 0 Å². The Kier molecular flexibility index (Phi) is 4.91. The van der Waals surface area contributed by atoms with Crippen molar-refractivity contribution in [2.75, 3.05) is 6.61 Å². The van der Waals surface area contributed by atoms with Gasteiger partial charge in [0, 0.05) is 0 Å². The van der Waals surface area contributed by atoms with Gasteiger partial charge < -0.3 is 9.47 Å². The normalized spacial score (nSPS) is 10.8. The van der Waals surface area contributed by atoms with Gasteiger partial charge in [-0.1, -0.05) is 6.07 Å². The highest BCUT2D eigenvalue weighted by Crippen LogP contribution is 2.31. The number of benzene rings is 1. The van der Waals surface area contributed by atoms with Gasteiger partial charge in [0.15, 0.2) is 11.6 Å². The second-order valence-corrected chi connectivity index (χ2v) is 3.55. The molecule has 1 aromatic carbocycles. The smallest absolute Gasteiger partial charge is 0.466 e. The van der Waals surface area contributed by atoms with Crippen molar-refractivity contribution in [3.8, 4) is 11.8 Å². The van der Waals surface area contributed by atoms with E-state index < -0.39 is 35.9 Å². The van der Waals surface area contributed by atoms with Crippen molar-refractivity contribution in [1.82, 2.24) is 0 Å². The molecule has 0 aromatic heterocycles. The molecule has 0 saturated heterocycles. The molecule has 0 spiro atoms. The van der Waals surface area contributed by atoms with Crippen LogP contribution in [0, 0.1) is 17.1 Å². The molecule has 0 N–H and O–H groups in total. The first-order valence-electron chi connectivity index (χ1n) is 5.41. The highest BCUT2D eigenvalue weighted by Gasteiger charge is 2.34. The molecule has 0 unspecified atom stereocenters. The molecule has 1 rings (SSSR count). The lowest BCUT2D eigenvalue weighted by atomic mass is 10.0. The Morgan fingerprint density at radius 1 is 1.40 bits per heavy atom. The number of carbonyl (C=O) groups is 1. The van der Waals surface area contributed by atoms with Gasteiger partial charge in [-0.15, -0.1) is 13.2 Å². The van der Waals surface area contributed by atoms with Crippen molar-refractivity contribution < 1.29 is 31.8 Å². The SMILES string of the molecule is CCOC(=O)Cc1ccc(F)c(OC(F)(F)F)c1C#N. The van der Waals surface area contributed by atoms with Crippen LogP contribution < -0.4 is 4.74 Å². The van der Waals surface area contributed by atoms with E-state index in [0.29, 0.717) is 6.07 Å². The summed E-state index contributed by atoms with van der Waals surface area (Å²) < 4.78 is 57.9. The lowest BCUT2D eigenvalue weighted by molar-refractivity contribution is -0.275. The van der Waals surface area contributed by atoms with Gasteiger partial charge in [-0.05, 0) is 18.6 Å². The van der Waals surface area contributed by atoms with Gasteiger partial charge in [-0.25, -0.2) is 4.39 Å². The van der Waals surface area contributed by atoms with E-state index in [9.17, 15) is 22.4 Å². The number of carbonyl (C=O) groups excluding carboxylic acids is 1. The summed E-state index contributed by atoms with van der Waals surface area (Å²) in [6, 6.07) is 3.13. The fourth-order valence-electron chi connectivity index (χ4n) is 1.45. The van der Waals surface area contributed by atoms with Crippen LogP contribution in [0.15, 0.2) is 12.1 Å². The standard InChI is InChI=1S/C12H9F4NO3/c1-2-19-10(18)5-7-3-4-9(13)11(8(7)6-17)20-12(14,15)16/h3-4H,2,5H2,1H3. The Bertz CT molecular complexity index is 549. The Labute approximate surface area is 111 Å². The summed E-state index contributed by atoms with van der Waals surface area (Å²) in [5.74, 6) is -3.33. The van der Waals surface area contributed by atoms with E-state index in [1.165, 1.54) is 6.07 Å². The summed E-state index contributed by atoms with van der Waals surface area (Å²) in [4.78, 5) is 11.3. The van der Waals surface area contributed by atoms with Crippen molar-refractivity contribution in [2.24, 2.45) is 0 Å². The van der Waals surface area contributed by atoms with Crippen LogP contribution in [0.5, 0.6) is 5.75 Å². The summed E-state index contributed by atoms with van der Waals surface area (Å²) in [5.41, 5.74) is -0.790. The third-order valence-corrected chi connectivity index (χ3v) is 2.17. The molecule has 0 aliphatic carbocycles. The first kappa shape index (κ1) is 15.8. The summed E-state index contributed by atoms with van der Waals surface area (Å²) in [7, 11) is 0. The van der Waals surface area contributed by atoms with Gasteiger partial charge in [0.2, 0.25) is 0 Å². The van der Waals surface area contributed by atoms with E-state index in [-0.39, 0.29) is 12.2 Å². The zero-order chi connectivity index (χ0) is 15.3. The maximum atomic E-state index is 13.3. The first-order chi connectivity index (χ1) is 9.28. The minimum atomic E-state index is -5.14. The number of hydrogen-bond acceptors (Lipinski definition) is 4. The zero-order valence-electron chi connectivity index (χ0n) is 10.3. The predicted octanol–water partition coefficient (Wildman–Crippen LogP) is 2.70. The van der Waals surface area contributed by atoms with Gasteiger partial charge in [-0.2, -0.15) is 5.26 Å². The van der Waals surface area contributed by atoms with E-state index in [1.54, 1.807) is 6.92 Å². The van der Waals surface area contributed by atoms with Crippen LogP contribution in [0.1, 0.15) is 18.1 Å². The minimum Gasteiger partial charge on any atom is -0.466 e. The summed E-state index contributed by atoms with van der Waals surface area (Å²) in [5, 5.41) is 8.85. The molecule has 0 saturated carbocycles. The Morgan fingerprint density at radius 3 is 2.55 bits per heavy atom. The molecular formula is C12H9F4NO3. The van der Waals surface area contributed by atoms with E-state index in [2.05, 4.69) is 9.47 Å². The number of nitriles is 1. The Balaban J connectivity index is 3.18. The number of hydrogen-bond donors (Lipinski definition) is 0. The van der Waals surface area contributed by atoms with Crippen molar-refractivity contribution in [3.05, 3.63) is 29.1 Å². The van der Waals surface area contributed by atoms with Crippen LogP contribution in [0.2, 0.25) is 0 Å². The molecule has 20 heavy (non-hydrogen) atoms.